The van der Waals surface area contributed by atoms with Crippen LogP contribution in [-0.2, 0) is 11.3 Å². The molecule has 0 aliphatic carbocycles. The highest BCUT2D eigenvalue weighted by Crippen LogP contribution is 2.14. The normalized spacial score (nSPS) is 10.6. The van der Waals surface area contributed by atoms with Crippen LogP contribution >= 0.6 is 11.8 Å². The third kappa shape index (κ3) is 5.46. The molecule has 0 aromatic carbocycles. The first-order chi connectivity index (χ1) is 7.86. The van der Waals surface area contributed by atoms with Gasteiger partial charge in [0.1, 0.15) is 0 Å². The lowest BCUT2D eigenvalue weighted by Crippen LogP contribution is -2.18. The van der Waals surface area contributed by atoms with Crippen molar-refractivity contribution in [2.75, 3.05) is 32.6 Å². The zero-order valence-corrected chi connectivity index (χ0v) is 10.3. The molecule has 0 saturated heterocycles. The maximum Gasteiger partial charge on any atom is 0.0960 e. The fourth-order valence-corrected chi connectivity index (χ4v) is 1.75. The van der Waals surface area contributed by atoms with Crippen molar-refractivity contribution in [3.8, 4) is 0 Å². The van der Waals surface area contributed by atoms with E-state index in [1.807, 2.05) is 18.3 Å². The Balaban J connectivity index is 2.27. The Morgan fingerprint density at radius 3 is 3.00 bits per heavy atom. The van der Waals surface area contributed by atoms with Crippen molar-refractivity contribution in [1.82, 2.24) is 10.3 Å². The molecule has 0 atom stereocenters. The summed E-state index contributed by atoms with van der Waals surface area (Å²) in [6.07, 6.45) is 1.86. The fourth-order valence-electron chi connectivity index (χ4n) is 1.16. The smallest absolute Gasteiger partial charge is 0.0960 e. The number of nitrogens with zero attached hydrogens (tertiary/aromatic N) is 1. The highest BCUT2D eigenvalue weighted by Gasteiger charge is 1.96. The van der Waals surface area contributed by atoms with Gasteiger partial charge in [-0.25, -0.2) is 4.98 Å². The van der Waals surface area contributed by atoms with E-state index in [1.165, 1.54) is 0 Å². The van der Waals surface area contributed by atoms with Crippen LogP contribution in [0.2, 0.25) is 0 Å². The van der Waals surface area contributed by atoms with Crippen LogP contribution in [0.4, 0.5) is 0 Å². The molecule has 0 aliphatic rings. The van der Waals surface area contributed by atoms with Gasteiger partial charge in [0.2, 0.25) is 0 Å². The van der Waals surface area contributed by atoms with Crippen molar-refractivity contribution in [2.24, 2.45) is 0 Å². The number of pyridine rings is 1. The second-order valence-electron chi connectivity index (χ2n) is 3.25. The molecule has 0 unspecified atom stereocenters. The molecular formula is C11H18N2O2S. The van der Waals surface area contributed by atoms with Gasteiger partial charge in [0, 0.05) is 32.1 Å². The second-order valence-corrected chi connectivity index (χ2v) is 4.36. The molecule has 1 aromatic rings. The number of methoxy groups -OCH3 is 1. The summed E-state index contributed by atoms with van der Waals surface area (Å²) < 4.78 is 4.94. The Bertz CT molecular complexity index is 280. The summed E-state index contributed by atoms with van der Waals surface area (Å²) in [6.45, 7) is 2.56. The average molecular weight is 242 g/mol. The van der Waals surface area contributed by atoms with Gasteiger partial charge in [-0.05, 0) is 11.6 Å². The Kier molecular flexibility index (Phi) is 7.16. The fraction of sp³-hybridized carbons (Fsp3) is 0.545. The third-order valence-corrected chi connectivity index (χ3v) is 2.87. The molecule has 0 aliphatic heterocycles. The van der Waals surface area contributed by atoms with Crippen LogP contribution in [0.15, 0.2) is 23.4 Å². The van der Waals surface area contributed by atoms with Gasteiger partial charge in [-0.2, -0.15) is 0 Å². The number of hydrogen-bond acceptors (Lipinski definition) is 5. The van der Waals surface area contributed by atoms with Crippen LogP contribution < -0.4 is 5.32 Å². The van der Waals surface area contributed by atoms with Gasteiger partial charge in [0.15, 0.2) is 0 Å². The first kappa shape index (κ1) is 13.4. The SMILES string of the molecule is COCCNCc1ccc(SCCO)nc1. The second kappa shape index (κ2) is 8.52. The number of aromatic nitrogens is 1. The number of aliphatic hydroxyl groups excluding tert-OH is 1. The molecule has 0 radical (unpaired) electrons. The largest absolute Gasteiger partial charge is 0.396 e. The number of thioether (sulfide) groups is 1. The molecule has 5 heteroatoms. The molecule has 0 bridgehead atoms. The minimum absolute atomic E-state index is 0.187. The van der Waals surface area contributed by atoms with Gasteiger partial charge < -0.3 is 15.2 Å². The standard InChI is InChI=1S/C11H18N2O2S/c1-15-6-4-12-8-10-2-3-11(13-9-10)16-7-5-14/h2-3,9,12,14H,4-8H2,1H3. The molecule has 90 valence electrons. The predicted molar refractivity (Wildman–Crippen MR) is 65.6 cm³/mol. The Hall–Kier alpha value is -0.620. The lowest BCUT2D eigenvalue weighted by molar-refractivity contribution is 0.199. The molecule has 0 spiro atoms. The Morgan fingerprint density at radius 2 is 2.38 bits per heavy atom. The van der Waals surface area contributed by atoms with Crippen LogP contribution in [0.25, 0.3) is 0 Å². The van der Waals surface area contributed by atoms with Crippen molar-refractivity contribution in [3.63, 3.8) is 0 Å². The first-order valence-corrected chi connectivity index (χ1v) is 6.23. The number of aliphatic hydroxyl groups is 1. The lowest BCUT2D eigenvalue weighted by atomic mass is 10.3. The summed E-state index contributed by atoms with van der Waals surface area (Å²) in [4.78, 5) is 4.30. The van der Waals surface area contributed by atoms with Gasteiger partial charge >= 0.3 is 0 Å². The Labute approximate surface area is 100 Å². The third-order valence-electron chi connectivity index (χ3n) is 1.95. The highest BCUT2D eigenvalue weighted by molar-refractivity contribution is 7.99. The molecule has 16 heavy (non-hydrogen) atoms. The van der Waals surface area contributed by atoms with E-state index >= 15 is 0 Å². The summed E-state index contributed by atoms with van der Waals surface area (Å²) in [7, 11) is 1.69. The van der Waals surface area contributed by atoms with E-state index in [1.54, 1.807) is 18.9 Å². The predicted octanol–water partition coefficient (Wildman–Crippen LogP) is 0.902. The van der Waals surface area contributed by atoms with Crippen molar-refractivity contribution < 1.29 is 9.84 Å². The minimum atomic E-state index is 0.187. The van der Waals surface area contributed by atoms with Gasteiger partial charge in [0.05, 0.1) is 18.2 Å². The maximum atomic E-state index is 8.68. The van der Waals surface area contributed by atoms with Crippen LogP contribution in [0.5, 0.6) is 0 Å². The Morgan fingerprint density at radius 1 is 1.50 bits per heavy atom. The molecule has 1 heterocycles. The van der Waals surface area contributed by atoms with Gasteiger partial charge in [-0.1, -0.05) is 6.07 Å². The van der Waals surface area contributed by atoms with E-state index < -0.39 is 0 Å². The van der Waals surface area contributed by atoms with E-state index in [2.05, 4.69) is 10.3 Å². The van der Waals surface area contributed by atoms with Crippen molar-refractivity contribution >= 4 is 11.8 Å². The summed E-state index contributed by atoms with van der Waals surface area (Å²) in [6, 6.07) is 4.03. The van der Waals surface area contributed by atoms with Crippen LogP contribution in [0, 0.1) is 0 Å². The topological polar surface area (TPSA) is 54.4 Å². The van der Waals surface area contributed by atoms with Crippen LogP contribution in [-0.4, -0.2) is 42.7 Å². The zero-order valence-electron chi connectivity index (χ0n) is 9.48. The molecular weight excluding hydrogens is 224 g/mol. The van der Waals surface area contributed by atoms with Crippen LogP contribution in [0.3, 0.4) is 0 Å². The number of hydrogen-bond donors (Lipinski definition) is 2. The molecule has 2 N–H and O–H groups in total. The van der Waals surface area contributed by atoms with E-state index in [0.29, 0.717) is 5.75 Å². The van der Waals surface area contributed by atoms with Crippen molar-refractivity contribution in [1.29, 1.82) is 0 Å². The molecule has 1 rings (SSSR count). The molecule has 1 aromatic heterocycles. The van der Waals surface area contributed by atoms with Gasteiger partial charge in [-0.15, -0.1) is 11.8 Å². The number of nitrogens with one attached hydrogen (secondary N) is 1. The maximum absolute atomic E-state index is 8.68. The van der Waals surface area contributed by atoms with E-state index in [9.17, 15) is 0 Å². The number of ether oxygens (including phenoxy) is 1. The molecule has 0 saturated carbocycles. The minimum Gasteiger partial charge on any atom is -0.396 e. The molecule has 0 amide bonds. The summed E-state index contributed by atoms with van der Waals surface area (Å²) in [5, 5.41) is 12.9. The van der Waals surface area contributed by atoms with Crippen molar-refractivity contribution in [3.05, 3.63) is 23.9 Å². The monoisotopic (exact) mass is 242 g/mol. The summed E-state index contributed by atoms with van der Waals surface area (Å²) >= 11 is 1.56. The summed E-state index contributed by atoms with van der Waals surface area (Å²) in [5.74, 6) is 0.693. The van der Waals surface area contributed by atoms with Gasteiger partial charge in [0.25, 0.3) is 0 Å². The van der Waals surface area contributed by atoms with E-state index in [0.717, 1.165) is 30.3 Å². The quantitative estimate of drug-likeness (QED) is 0.524. The summed E-state index contributed by atoms with van der Waals surface area (Å²) in [5.41, 5.74) is 1.16. The van der Waals surface area contributed by atoms with E-state index in [-0.39, 0.29) is 6.61 Å². The van der Waals surface area contributed by atoms with Crippen LogP contribution in [0.1, 0.15) is 5.56 Å². The van der Waals surface area contributed by atoms with E-state index in [4.69, 9.17) is 9.84 Å². The highest BCUT2D eigenvalue weighted by atomic mass is 32.2. The molecule has 0 fully saturated rings. The zero-order chi connectivity index (χ0) is 11.6. The first-order valence-electron chi connectivity index (χ1n) is 5.25. The van der Waals surface area contributed by atoms with Crippen molar-refractivity contribution in [2.45, 2.75) is 11.6 Å². The number of rotatable bonds is 8. The molecule has 4 nitrogen and oxygen atoms in total. The average Bonchev–Trinajstić information content (AvgIpc) is 2.33. The lowest BCUT2D eigenvalue weighted by Gasteiger charge is -2.04. The van der Waals surface area contributed by atoms with Gasteiger partial charge in [-0.3, -0.25) is 0 Å².